The maximum Gasteiger partial charge on any atom is 0.259 e. The van der Waals surface area contributed by atoms with E-state index in [9.17, 15) is 9.18 Å². The first kappa shape index (κ1) is 24.7. The van der Waals surface area contributed by atoms with Gasteiger partial charge in [-0.1, -0.05) is 17.9 Å². The predicted octanol–water partition coefficient (Wildman–Crippen LogP) is 3.69. The molecule has 1 atom stereocenters. The monoisotopic (exact) mass is 531 g/mol. The Balaban J connectivity index is 1.44. The number of anilines is 1. The molecule has 4 aromatic heterocycles. The second-order valence-electron chi connectivity index (χ2n) is 9.13. The number of carbonyl (C=O) groups excluding carboxylic acids is 1. The van der Waals surface area contributed by atoms with Gasteiger partial charge in [0.15, 0.2) is 11.5 Å². The van der Waals surface area contributed by atoms with Crippen LogP contribution in [-0.4, -0.2) is 40.3 Å². The number of nitrogens with two attached hydrogens (primary N) is 1. The fraction of sp³-hybridized carbons (Fsp3) is 0.103. The van der Waals surface area contributed by atoms with E-state index in [-0.39, 0.29) is 17.2 Å². The Hall–Kier alpha value is -5.63. The average molecular weight is 532 g/mol. The van der Waals surface area contributed by atoms with Gasteiger partial charge >= 0.3 is 0 Å². The van der Waals surface area contributed by atoms with Crippen molar-refractivity contribution in [3.8, 4) is 23.1 Å². The SMILES string of the molecule is CC(NC(=O)c1c(N)nn2cccnc12)c1nc2cccc(C#Cc3cnn(C)c3)c2nc1-c1ccc(F)cc1. The lowest BCUT2D eigenvalue weighted by Crippen LogP contribution is -2.28. The second-order valence-corrected chi connectivity index (χ2v) is 9.13. The molecule has 0 spiro atoms. The molecule has 0 bridgehead atoms. The molecule has 0 radical (unpaired) electrons. The van der Waals surface area contributed by atoms with Crippen LogP contribution in [0.2, 0.25) is 0 Å². The largest absolute Gasteiger partial charge is 0.381 e. The second kappa shape index (κ2) is 9.92. The number of halogens is 1. The summed E-state index contributed by atoms with van der Waals surface area (Å²) in [6.45, 7) is 1.79. The highest BCUT2D eigenvalue weighted by atomic mass is 19.1. The highest BCUT2D eigenvalue weighted by Crippen LogP contribution is 2.29. The quantitative estimate of drug-likeness (QED) is 0.332. The van der Waals surface area contributed by atoms with E-state index in [4.69, 9.17) is 15.7 Å². The highest BCUT2D eigenvalue weighted by Gasteiger charge is 2.24. The van der Waals surface area contributed by atoms with E-state index >= 15 is 0 Å². The molecule has 6 aromatic rings. The van der Waals surface area contributed by atoms with Gasteiger partial charge in [0.25, 0.3) is 5.91 Å². The van der Waals surface area contributed by atoms with Crippen molar-refractivity contribution < 1.29 is 9.18 Å². The zero-order valence-electron chi connectivity index (χ0n) is 21.5. The van der Waals surface area contributed by atoms with Crippen LogP contribution in [0.1, 0.15) is 40.1 Å². The molecule has 1 unspecified atom stereocenters. The van der Waals surface area contributed by atoms with Gasteiger partial charge in [-0.25, -0.2) is 23.9 Å². The van der Waals surface area contributed by atoms with Crippen LogP contribution in [0.25, 0.3) is 27.9 Å². The Morgan fingerprint density at radius 3 is 2.70 bits per heavy atom. The van der Waals surface area contributed by atoms with Gasteiger partial charge in [-0.2, -0.15) is 5.10 Å². The van der Waals surface area contributed by atoms with Crippen LogP contribution in [-0.2, 0) is 7.05 Å². The van der Waals surface area contributed by atoms with E-state index in [1.54, 1.807) is 48.4 Å². The Kier molecular flexibility index (Phi) is 6.12. The van der Waals surface area contributed by atoms with E-state index < -0.39 is 11.9 Å². The van der Waals surface area contributed by atoms with Crippen molar-refractivity contribution in [2.45, 2.75) is 13.0 Å². The molecule has 10 nitrogen and oxygen atoms in total. The Bertz CT molecular complexity index is 1970. The summed E-state index contributed by atoms with van der Waals surface area (Å²) >= 11 is 0. The molecule has 0 aliphatic carbocycles. The Labute approximate surface area is 227 Å². The van der Waals surface area contributed by atoms with Gasteiger partial charge in [-0.05, 0) is 49.4 Å². The van der Waals surface area contributed by atoms with Crippen molar-refractivity contribution in [3.05, 3.63) is 102 Å². The number of aryl methyl sites for hydroxylation is 1. The standard InChI is InChI=1S/C29H22FN9O/c1-17(34-29(40)23-27(31)37-39-14-4-13-32-28(23)39)24-26(20-9-11-21(30)12-10-20)36-25-19(5-3-6-22(25)35-24)8-7-18-15-33-38(2)16-18/h3-6,9-17H,1-2H3,(H2,31,37)(H,34,40). The van der Waals surface area contributed by atoms with Crippen LogP contribution in [0.4, 0.5) is 10.2 Å². The summed E-state index contributed by atoms with van der Waals surface area (Å²) in [6.07, 6.45) is 6.73. The molecule has 40 heavy (non-hydrogen) atoms. The fourth-order valence-electron chi connectivity index (χ4n) is 4.40. The van der Waals surface area contributed by atoms with Gasteiger partial charge in [0.05, 0.1) is 40.3 Å². The molecular formula is C29H22FN9O. The molecular weight excluding hydrogens is 509 g/mol. The van der Waals surface area contributed by atoms with Gasteiger partial charge in [0.2, 0.25) is 0 Å². The summed E-state index contributed by atoms with van der Waals surface area (Å²) in [5.74, 6) is 5.49. The lowest BCUT2D eigenvalue weighted by molar-refractivity contribution is 0.0941. The number of fused-ring (bicyclic) bond motifs is 2. The summed E-state index contributed by atoms with van der Waals surface area (Å²) in [6, 6.07) is 12.6. The topological polar surface area (TPSA) is 129 Å². The number of aromatic nitrogens is 7. The molecule has 0 aliphatic rings. The number of rotatable bonds is 4. The van der Waals surface area contributed by atoms with Crippen LogP contribution in [0.5, 0.6) is 0 Å². The number of nitrogens with one attached hydrogen (secondary N) is 1. The van der Waals surface area contributed by atoms with Crippen molar-refractivity contribution in [2.75, 3.05) is 5.73 Å². The number of nitrogen functional groups attached to an aromatic ring is 1. The van der Waals surface area contributed by atoms with E-state index in [1.807, 2.05) is 31.4 Å². The number of hydrogen-bond acceptors (Lipinski definition) is 7. The first-order valence-electron chi connectivity index (χ1n) is 12.3. The molecule has 0 saturated carbocycles. The van der Waals surface area contributed by atoms with Crippen molar-refractivity contribution in [3.63, 3.8) is 0 Å². The highest BCUT2D eigenvalue weighted by molar-refractivity contribution is 6.04. The smallest absolute Gasteiger partial charge is 0.259 e. The minimum absolute atomic E-state index is 0.0589. The maximum atomic E-state index is 13.8. The van der Waals surface area contributed by atoms with Gasteiger partial charge in [0.1, 0.15) is 16.9 Å². The summed E-state index contributed by atoms with van der Waals surface area (Å²) in [4.78, 5) is 27.4. The van der Waals surface area contributed by atoms with Crippen molar-refractivity contribution in [2.24, 2.45) is 7.05 Å². The summed E-state index contributed by atoms with van der Waals surface area (Å²) < 4.78 is 16.9. The fourth-order valence-corrected chi connectivity index (χ4v) is 4.40. The van der Waals surface area contributed by atoms with Gasteiger partial charge in [0, 0.05) is 31.2 Å². The molecule has 4 heterocycles. The zero-order valence-corrected chi connectivity index (χ0v) is 21.5. The summed E-state index contributed by atoms with van der Waals surface area (Å²) in [5, 5.41) is 11.3. The zero-order chi connectivity index (χ0) is 27.8. The third-order valence-corrected chi connectivity index (χ3v) is 6.29. The number of nitrogens with zero attached hydrogens (tertiary/aromatic N) is 7. The van der Waals surface area contributed by atoms with Crippen LogP contribution in [0, 0.1) is 17.7 Å². The van der Waals surface area contributed by atoms with Crippen LogP contribution in [0.3, 0.4) is 0 Å². The van der Waals surface area contributed by atoms with Crippen molar-refractivity contribution in [1.82, 2.24) is 39.7 Å². The number of amides is 1. The molecule has 0 aliphatic heterocycles. The van der Waals surface area contributed by atoms with Crippen LogP contribution < -0.4 is 11.1 Å². The van der Waals surface area contributed by atoms with Gasteiger partial charge < -0.3 is 11.1 Å². The van der Waals surface area contributed by atoms with Gasteiger partial charge in [-0.15, -0.1) is 5.10 Å². The summed E-state index contributed by atoms with van der Waals surface area (Å²) in [7, 11) is 1.82. The molecule has 11 heteroatoms. The van der Waals surface area contributed by atoms with Crippen molar-refractivity contribution >= 4 is 28.4 Å². The number of carbonyl (C=O) groups is 1. The molecule has 1 amide bonds. The Morgan fingerprint density at radius 2 is 1.93 bits per heavy atom. The first-order valence-corrected chi connectivity index (χ1v) is 12.3. The molecule has 3 N–H and O–H groups in total. The maximum absolute atomic E-state index is 13.8. The normalized spacial score (nSPS) is 11.8. The molecule has 196 valence electrons. The van der Waals surface area contributed by atoms with Gasteiger partial charge in [-0.3, -0.25) is 9.48 Å². The summed E-state index contributed by atoms with van der Waals surface area (Å²) in [5.41, 5.74) is 10.8. The van der Waals surface area contributed by atoms with Crippen LogP contribution in [0.15, 0.2) is 73.3 Å². The average Bonchev–Trinajstić information content (AvgIpc) is 3.52. The van der Waals surface area contributed by atoms with Crippen LogP contribution >= 0.6 is 0 Å². The van der Waals surface area contributed by atoms with E-state index in [1.165, 1.54) is 16.6 Å². The third-order valence-electron chi connectivity index (χ3n) is 6.29. The van der Waals surface area contributed by atoms with Crippen molar-refractivity contribution in [1.29, 1.82) is 0 Å². The number of para-hydroxylation sites is 1. The molecule has 2 aromatic carbocycles. The minimum Gasteiger partial charge on any atom is -0.381 e. The Morgan fingerprint density at radius 1 is 1.10 bits per heavy atom. The minimum atomic E-state index is -0.604. The number of benzene rings is 2. The number of hydrogen-bond donors (Lipinski definition) is 2. The molecule has 0 fully saturated rings. The molecule has 0 saturated heterocycles. The van der Waals surface area contributed by atoms with E-state index in [2.05, 4.69) is 32.3 Å². The predicted molar refractivity (Wildman–Crippen MR) is 147 cm³/mol. The van der Waals surface area contributed by atoms with E-state index in [0.717, 1.165) is 5.56 Å². The molecule has 6 rings (SSSR count). The van der Waals surface area contributed by atoms with E-state index in [0.29, 0.717) is 39.2 Å². The lowest BCUT2D eigenvalue weighted by atomic mass is 10.0. The third kappa shape index (κ3) is 4.58. The lowest BCUT2D eigenvalue weighted by Gasteiger charge is -2.18. The first-order chi connectivity index (χ1) is 19.4.